The van der Waals surface area contributed by atoms with Crippen LogP contribution in [-0.2, 0) is 6.54 Å². The van der Waals surface area contributed by atoms with Crippen LogP contribution in [0.25, 0.3) is 0 Å². The maximum Gasteiger partial charge on any atom is 0.257 e. The summed E-state index contributed by atoms with van der Waals surface area (Å²) in [6.07, 6.45) is 2.61. The fourth-order valence-electron chi connectivity index (χ4n) is 3.58. The molecule has 1 fully saturated rings. The van der Waals surface area contributed by atoms with Crippen LogP contribution in [0.3, 0.4) is 0 Å². The lowest BCUT2D eigenvalue weighted by atomic mass is 10.2. The molecule has 7 heteroatoms. The van der Waals surface area contributed by atoms with E-state index in [4.69, 9.17) is 4.74 Å². The Kier molecular flexibility index (Phi) is 6.43. The highest BCUT2D eigenvalue weighted by Crippen LogP contribution is 2.20. The molecule has 2 aromatic carbocycles. The predicted octanol–water partition coefficient (Wildman–Crippen LogP) is 3.85. The third-order valence-electron chi connectivity index (χ3n) is 5.38. The standard InChI is InChI=1S/C24H25FN4O2/c1-31-22-9-2-17(3-10-22)14-26-21-12-13-29(16-21)23-11-4-18(15-27-23)24(30)28-20-7-5-19(25)6-8-20/h2-11,15,21,26H,12-14,16H2,1H3,(H,28,30)/t21-/m1/s1. The van der Waals surface area contributed by atoms with Crippen molar-refractivity contribution in [3.8, 4) is 5.75 Å². The van der Waals surface area contributed by atoms with Gasteiger partial charge in [0, 0.05) is 37.6 Å². The van der Waals surface area contributed by atoms with E-state index in [2.05, 4.69) is 32.7 Å². The van der Waals surface area contributed by atoms with Gasteiger partial charge < -0.3 is 20.3 Å². The van der Waals surface area contributed by atoms with Gasteiger partial charge in [-0.3, -0.25) is 4.79 Å². The molecule has 160 valence electrons. The molecule has 0 unspecified atom stereocenters. The number of halogens is 1. The molecule has 6 nitrogen and oxygen atoms in total. The van der Waals surface area contributed by atoms with E-state index in [9.17, 15) is 9.18 Å². The quantitative estimate of drug-likeness (QED) is 0.608. The van der Waals surface area contributed by atoms with Gasteiger partial charge in [0.15, 0.2) is 0 Å². The third kappa shape index (κ3) is 5.38. The Balaban J connectivity index is 1.28. The summed E-state index contributed by atoms with van der Waals surface area (Å²) in [5.74, 6) is 1.10. The summed E-state index contributed by atoms with van der Waals surface area (Å²) in [6.45, 7) is 2.58. The highest BCUT2D eigenvalue weighted by Gasteiger charge is 2.23. The number of methoxy groups -OCH3 is 1. The van der Waals surface area contributed by atoms with Crippen molar-refractivity contribution in [2.45, 2.75) is 19.0 Å². The van der Waals surface area contributed by atoms with Crippen LogP contribution in [-0.4, -0.2) is 37.1 Å². The number of benzene rings is 2. The number of pyridine rings is 1. The molecule has 0 spiro atoms. The van der Waals surface area contributed by atoms with Crippen LogP contribution < -0.4 is 20.3 Å². The summed E-state index contributed by atoms with van der Waals surface area (Å²) in [6, 6.07) is 17.7. The number of aromatic nitrogens is 1. The minimum atomic E-state index is -0.341. The molecule has 4 rings (SSSR count). The Labute approximate surface area is 181 Å². The molecular formula is C24H25FN4O2. The zero-order valence-electron chi connectivity index (χ0n) is 17.3. The monoisotopic (exact) mass is 420 g/mol. The molecule has 0 aliphatic carbocycles. The number of nitrogens with zero attached hydrogens (tertiary/aromatic N) is 2. The van der Waals surface area contributed by atoms with E-state index in [0.29, 0.717) is 17.3 Å². The number of carbonyl (C=O) groups is 1. The largest absolute Gasteiger partial charge is 0.497 e. The van der Waals surface area contributed by atoms with Crippen molar-refractivity contribution in [3.05, 3.63) is 83.8 Å². The smallest absolute Gasteiger partial charge is 0.257 e. The van der Waals surface area contributed by atoms with E-state index in [1.165, 1.54) is 29.8 Å². The predicted molar refractivity (Wildman–Crippen MR) is 119 cm³/mol. The van der Waals surface area contributed by atoms with Gasteiger partial charge in [-0.25, -0.2) is 9.37 Å². The van der Waals surface area contributed by atoms with Crippen molar-refractivity contribution in [2.75, 3.05) is 30.4 Å². The first-order chi connectivity index (χ1) is 15.1. The van der Waals surface area contributed by atoms with Gasteiger partial charge in [0.25, 0.3) is 5.91 Å². The Hall–Kier alpha value is -3.45. The van der Waals surface area contributed by atoms with Crippen molar-refractivity contribution < 1.29 is 13.9 Å². The molecule has 1 atom stereocenters. The van der Waals surface area contributed by atoms with E-state index in [-0.39, 0.29) is 11.7 Å². The molecule has 1 aliphatic rings. The van der Waals surface area contributed by atoms with Gasteiger partial charge in [-0.1, -0.05) is 12.1 Å². The van der Waals surface area contributed by atoms with Crippen LogP contribution in [0.5, 0.6) is 5.75 Å². The Morgan fingerprint density at radius 2 is 1.90 bits per heavy atom. The van der Waals surface area contributed by atoms with Crippen molar-refractivity contribution in [2.24, 2.45) is 0 Å². The summed E-state index contributed by atoms with van der Waals surface area (Å²) in [5, 5.41) is 6.34. The summed E-state index contributed by atoms with van der Waals surface area (Å²) in [7, 11) is 1.67. The van der Waals surface area contributed by atoms with Crippen LogP contribution in [0.1, 0.15) is 22.3 Å². The number of amides is 1. The molecule has 1 aromatic heterocycles. The first-order valence-corrected chi connectivity index (χ1v) is 10.2. The van der Waals surface area contributed by atoms with E-state index >= 15 is 0 Å². The van der Waals surface area contributed by atoms with Gasteiger partial charge in [0.05, 0.1) is 12.7 Å². The fraction of sp³-hybridized carbons (Fsp3) is 0.250. The van der Waals surface area contributed by atoms with Gasteiger partial charge in [0.2, 0.25) is 0 Å². The minimum absolute atomic E-state index is 0.272. The Bertz CT molecular complexity index is 1010. The van der Waals surface area contributed by atoms with Crippen LogP contribution in [0.2, 0.25) is 0 Å². The molecule has 1 aliphatic heterocycles. The number of hydrogen-bond acceptors (Lipinski definition) is 5. The minimum Gasteiger partial charge on any atom is -0.497 e. The molecule has 1 amide bonds. The van der Waals surface area contributed by atoms with Crippen LogP contribution in [0, 0.1) is 5.82 Å². The summed E-state index contributed by atoms with van der Waals surface area (Å²) < 4.78 is 18.2. The zero-order valence-corrected chi connectivity index (χ0v) is 17.3. The van der Waals surface area contributed by atoms with Crippen molar-refractivity contribution >= 4 is 17.4 Å². The number of hydrogen-bond donors (Lipinski definition) is 2. The molecule has 1 saturated heterocycles. The van der Waals surface area contributed by atoms with Crippen molar-refractivity contribution in [3.63, 3.8) is 0 Å². The van der Waals surface area contributed by atoms with Crippen molar-refractivity contribution in [1.82, 2.24) is 10.3 Å². The molecule has 0 saturated carbocycles. The third-order valence-corrected chi connectivity index (χ3v) is 5.38. The molecule has 3 aromatic rings. The SMILES string of the molecule is COc1ccc(CN[C@@H]2CCN(c3ccc(C(=O)Nc4ccc(F)cc4)cn3)C2)cc1. The fourth-order valence-corrected chi connectivity index (χ4v) is 3.58. The van der Waals surface area contributed by atoms with Crippen LogP contribution >= 0.6 is 0 Å². The average Bonchev–Trinajstić information content (AvgIpc) is 3.29. The van der Waals surface area contributed by atoms with Gasteiger partial charge in [0.1, 0.15) is 17.4 Å². The second-order valence-corrected chi connectivity index (χ2v) is 7.53. The molecule has 0 bridgehead atoms. The number of anilines is 2. The van der Waals surface area contributed by atoms with E-state index < -0.39 is 0 Å². The molecule has 0 radical (unpaired) electrons. The summed E-state index contributed by atoms with van der Waals surface area (Å²) in [4.78, 5) is 19.1. The van der Waals surface area contributed by atoms with Crippen LogP contribution in [0.4, 0.5) is 15.9 Å². The second kappa shape index (κ2) is 9.57. The van der Waals surface area contributed by atoms with Gasteiger partial charge in [-0.2, -0.15) is 0 Å². The highest BCUT2D eigenvalue weighted by atomic mass is 19.1. The number of nitrogens with one attached hydrogen (secondary N) is 2. The molecule has 2 heterocycles. The topological polar surface area (TPSA) is 66.5 Å². The average molecular weight is 420 g/mol. The Morgan fingerprint density at radius 3 is 2.58 bits per heavy atom. The van der Waals surface area contributed by atoms with E-state index in [1.807, 2.05) is 18.2 Å². The van der Waals surface area contributed by atoms with Gasteiger partial charge >= 0.3 is 0 Å². The zero-order chi connectivity index (χ0) is 21.6. The van der Waals surface area contributed by atoms with Crippen LogP contribution in [0.15, 0.2) is 66.9 Å². The van der Waals surface area contributed by atoms with Gasteiger partial charge in [-0.05, 0) is 60.5 Å². The normalized spacial score (nSPS) is 15.7. The maximum atomic E-state index is 13.0. The summed E-state index contributed by atoms with van der Waals surface area (Å²) in [5.41, 5.74) is 2.22. The van der Waals surface area contributed by atoms with E-state index in [0.717, 1.165) is 37.6 Å². The number of carbonyl (C=O) groups excluding carboxylic acids is 1. The lowest BCUT2D eigenvalue weighted by Crippen LogP contribution is -2.32. The lowest BCUT2D eigenvalue weighted by molar-refractivity contribution is 0.102. The molecular weight excluding hydrogens is 395 g/mol. The first-order valence-electron chi connectivity index (χ1n) is 10.2. The number of ether oxygens (including phenoxy) is 1. The highest BCUT2D eigenvalue weighted by molar-refractivity contribution is 6.04. The lowest BCUT2D eigenvalue weighted by Gasteiger charge is -2.18. The Morgan fingerprint density at radius 1 is 1.13 bits per heavy atom. The number of rotatable bonds is 7. The van der Waals surface area contributed by atoms with E-state index in [1.54, 1.807) is 19.4 Å². The van der Waals surface area contributed by atoms with Gasteiger partial charge in [-0.15, -0.1) is 0 Å². The van der Waals surface area contributed by atoms with Crippen molar-refractivity contribution in [1.29, 1.82) is 0 Å². The first kappa shape index (κ1) is 20.8. The summed E-state index contributed by atoms with van der Waals surface area (Å²) >= 11 is 0. The molecule has 2 N–H and O–H groups in total. The maximum absolute atomic E-state index is 13.0. The molecule has 31 heavy (non-hydrogen) atoms. The second-order valence-electron chi connectivity index (χ2n) is 7.53.